The Balaban J connectivity index is 1.65. The van der Waals surface area contributed by atoms with Crippen LogP contribution in [-0.2, 0) is 11.3 Å². The van der Waals surface area contributed by atoms with Crippen LogP contribution in [-0.4, -0.2) is 46.4 Å². The molecule has 6 nitrogen and oxygen atoms in total. The lowest BCUT2D eigenvalue weighted by atomic mass is 10.1. The molecule has 0 amide bonds. The number of hydrogen-bond acceptors (Lipinski definition) is 6. The lowest BCUT2D eigenvalue weighted by molar-refractivity contribution is 0.0343. The Labute approximate surface area is 146 Å². The SMILES string of the molecule is Cc1ccc(Oc2ccc(CN3CCOCC3)c3cccnc23)nn1. The standard InChI is InChI=1S/C19H20N4O2/c1-14-4-7-18(22-21-14)25-17-6-5-15(13-23-9-11-24-12-10-23)16-3-2-8-20-19(16)17/h2-8H,9-13H2,1H3. The second kappa shape index (κ2) is 7.13. The molecule has 2 aromatic heterocycles. The van der Waals surface area contributed by atoms with Gasteiger partial charge < -0.3 is 9.47 Å². The molecule has 0 bridgehead atoms. The molecule has 0 saturated carbocycles. The zero-order valence-corrected chi connectivity index (χ0v) is 14.2. The van der Waals surface area contributed by atoms with Crippen LogP contribution in [0, 0.1) is 6.92 Å². The fourth-order valence-electron chi connectivity index (χ4n) is 2.98. The number of pyridine rings is 1. The third-order valence-electron chi connectivity index (χ3n) is 4.31. The summed E-state index contributed by atoms with van der Waals surface area (Å²) in [7, 11) is 0. The van der Waals surface area contributed by atoms with Crippen molar-refractivity contribution in [1.29, 1.82) is 0 Å². The molecule has 1 aromatic carbocycles. The summed E-state index contributed by atoms with van der Waals surface area (Å²) in [5, 5.41) is 9.21. The van der Waals surface area contributed by atoms with Gasteiger partial charge in [-0.2, -0.15) is 5.10 Å². The van der Waals surface area contributed by atoms with Gasteiger partial charge in [0.05, 0.1) is 18.9 Å². The number of rotatable bonds is 4. The van der Waals surface area contributed by atoms with E-state index >= 15 is 0 Å². The van der Waals surface area contributed by atoms with Crippen LogP contribution in [0.4, 0.5) is 0 Å². The molecule has 0 aliphatic carbocycles. The number of aryl methyl sites for hydroxylation is 1. The van der Waals surface area contributed by atoms with Gasteiger partial charge in [-0.25, -0.2) is 0 Å². The Morgan fingerprint density at radius 2 is 1.96 bits per heavy atom. The van der Waals surface area contributed by atoms with Crippen LogP contribution in [0.25, 0.3) is 10.9 Å². The number of aromatic nitrogens is 3. The van der Waals surface area contributed by atoms with E-state index in [9.17, 15) is 0 Å². The number of nitrogens with zero attached hydrogens (tertiary/aromatic N) is 4. The van der Waals surface area contributed by atoms with Gasteiger partial charge in [0.25, 0.3) is 0 Å². The van der Waals surface area contributed by atoms with E-state index in [1.54, 1.807) is 6.20 Å². The highest BCUT2D eigenvalue weighted by Gasteiger charge is 2.15. The zero-order valence-electron chi connectivity index (χ0n) is 14.2. The minimum absolute atomic E-state index is 0.471. The van der Waals surface area contributed by atoms with Crippen molar-refractivity contribution in [2.75, 3.05) is 26.3 Å². The van der Waals surface area contributed by atoms with Crippen molar-refractivity contribution in [1.82, 2.24) is 20.1 Å². The second-order valence-corrected chi connectivity index (χ2v) is 6.13. The number of hydrogen-bond donors (Lipinski definition) is 0. The largest absolute Gasteiger partial charge is 0.435 e. The molecule has 0 spiro atoms. The molecule has 1 saturated heterocycles. The summed E-state index contributed by atoms with van der Waals surface area (Å²) in [6, 6.07) is 11.8. The fraction of sp³-hybridized carbons (Fsp3) is 0.316. The summed E-state index contributed by atoms with van der Waals surface area (Å²) < 4.78 is 11.4. The molecule has 3 aromatic rings. The third kappa shape index (κ3) is 3.60. The molecule has 1 aliphatic rings. The number of fused-ring (bicyclic) bond motifs is 1. The topological polar surface area (TPSA) is 60.4 Å². The highest BCUT2D eigenvalue weighted by Crippen LogP contribution is 2.30. The molecule has 25 heavy (non-hydrogen) atoms. The van der Waals surface area contributed by atoms with E-state index in [0.717, 1.165) is 49.4 Å². The van der Waals surface area contributed by atoms with Crippen molar-refractivity contribution in [3.05, 3.63) is 53.9 Å². The maximum absolute atomic E-state index is 5.92. The monoisotopic (exact) mass is 336 g/mol. The predicted octanol–water partition coefficient (Wildman–Crippen LogP) is 2.96. The Morgan fingerprint density at radius 1 is 1.08 bits per heavy atom. The molecule has 3 heterocycles. The Hall–Kier alpha value is -2.57. The second-order valence-electron chi connectivity index (χ2n) is 6.13. The summed E-state index contributed by atoms with van der Waals surface area (Å²) in [5.74, 6) is 1.16. The van der Waals surface area contributed by atoms with Crippen LogP contribution in [0.1, 0.15) is 11.3 Å². The Morgan fingerprint density at radius 3 is 2.76 bits per heavy atom. The molecule has 0 radical (unpaired) electrons. The van der Waals surface area contributed by atoms with Gasteiger partial charge >= 0.3 is 0 Å². The van der Waals surface area contributed by atoms with Gasteiger partial charge in [0, 0.05) is 37.3 Å². The van der Waals surface area contributed by atoms with Crippen molar-refractivity contribution in [2.24, 2.45) is 0 Å². The van der Waals surface area contributed by atoms with Gasteiger partial charge in [-0.3, -0.25) is 9.88 Å². The van der Waals surface area contributed by atoms with E-state index in [2.05, 4.69) is 32.2 Å². The summed E-state index contributed by atoms with van der Waals surface area (Å²) in [5.41, 5.74) is 2.94. The predicted molar refractivity (Wildman–Crippen MR) is 94.7 cm³/mol. The Kier molecular flexibility index (Phi) is 4.54. The van der Waals surface area contributed by atoms with Gasteiger partial charge in [0.2, 0.25) is 5.88 Å². The van der Waals surface area contributed by atoms with Crippen molar-refractivity contribution >= 4 is 10.9 Å². The molecule has 1 aliphatic heterocycles. The van der Waals surface area contributed by atoms with E-state index < -0.39 is 0 Å². The average molecular weight is 336 g/mol. The summed E-state index contributed by atoms with van der Waals surface area (Å²) in [6.07, 6.45) is 1.79. The van der Waals surface area contributed by atoms with E-state index in [1.165, 1.54) is 5.56 Å². The van der Waals surface area contributed by atoms with Gasteiger partial charge in [0.15, 0.2) is 5.75 Å². The van der Waals surface area contributed by atoms with Gasteiger partial charge in [0.1, 0.15) is 5.52 Å². The molecular formula is C19H20N4O2. The normalized spacial score (nSPS) is 15.4. The summed E-state index contributed by atoms with van der Waals surface area (Å²) in [6.45, 7) is 6.29. The highest BCUT2D eigenvalue weighted by molar-refractivity contribution is 5.87. The molecular weight excluding hydrogens is 316 g/mol. The number of benzene rings is 1. The van der Waals surface area contributed by atoms with Crippen LogP contribution in [0.2, 0.25) is 0 Å². The van der Waals surface area contributed by atoms with Gasteiger partial charge in [-0.15, -0.1) is 5.10 Å². The first-order chi connectivity index (χ1) is 12.3. The lowest BCUT2D eigenvalue weighted by Gasteiger charge is -2.27. The van der Waals surface area contributed by atoms with E-state index in [1.807, 2.05) is 31.2 Å². The van der Waals surface area contributed by atoms with Crippen LogP contribution >= 0.6 is 0 Å². The molecule has 4 rings (SSSR count). The van der Waals surface area contributed by atoms with Crippen molar-refractivity contribution < 1.29 is 9.47 Å². The maximum Gasteiger partial charge on any atom is 0.238 e. The first-order valence-corrected chi connectivity index (χ1v) is 8.44. The minimum atomic E-state index is 0.471. The zero-order chi connectivity index (χ0) is 17.1. The van der Waals surface area contributed by atoms with Crippen molar-refractivity contribution in [2.45, 2.75) is 13.5 Å². The van der Waals surface area contributed by atoms with E-state index in [4.69, 9.17) is 9.47 Å². The van der Waals surface area contributed by atoms with Gasteiger partial charge in [-0.1, -0.05) is 12.1 Å². The van der Waals surface area contributed by atoms with Crippen LogP contribution in [0.3, 0.4) is 0 Å². The molecule has 1 fully saturated rings. The first kappa shape index (κ1) is 15.9. The molecule has 0 unspecified atom stereocenters. The van der Waals surface area contributed by atoms with Crippen LogP contribution in [0.5, 0.6) is 11.6 Å². The fourth-order valence-corrected chi connectivity index (χ4v) is 2.98. The summed E-state index contributed by atoms with van der Waals surface area (Å²) in [4.78, 5) is 6.93. The lowest BCUT2D eigenvalue weighted by Crippen LogP contribution is -2.35. The average Bonchev–Trinajstić information content (AvgIpc) is 2.66. The van der Waals surface area contributed by atoms with Crippen LogP contribution in [0.15, 0.2) is 42.6 Å². The maximum atomic E-state index is 5.92. The van der Waals surface area contributed by atoms with Crippen LogP contribution < -0.4 is 4.74 Å². The Bertz CT molecular complexity index is 861. The van der Waals surface area contributed by atoms with E-state index in [-0.39, 0.29) is 0 Å². The van der Waals surface area contributed by atoms with Crippen molar-refractivity contribution in [3.63, 3.8) is 0 Å². The molecule has 0 N–H and O–H groups in total. The quantitative estimate of drug-likeness (QED) is 0.730. The van der Waals surface area contributed by atoms with Crippen molar-refractivity contribution in [3.8, 4) is 11.6 Å². The third-order valence-corrected chi connectivity index (χ3v) is 4.31. The molecule has 6 heteroatoms. The molecule has 0 atom stereocenters. The van der Waals surface area contributed by atoms with Gasteiger partial charge in [-0.05, 0) is 30.7 Å². The molecule has 128 valence electrons. The number of morpholine rings is 1. The van der Waals surface area contributed by atoms with E-state index in [0.29, 0.717) is 11.6 Å². The first-order valence-electron chi connectivity index (χ1n) is 8.44. The highest BCUT2D eigenvalue weighted by atomic mass is 16.5. The minimum Gasteiger partial charge on any atom is -0.435 e. The smallest absolute Gasteiger partial charge is 0.238 e. The number of ether oxygens (including phenoxy) is 2. The summed E-state index contributed by atoms with van der Waals surface area (Å²) >= 11 is 0.